The Bertz CT molecular complexity index is 1070. The topological polar surface area (TPSA) is 276 Å². The first-order valence-electron chi connectivity index (χ1n) is 7.25. The van der Waals surface area contributed by atoms with Crippen molar-refractivity contribution in [3.63, 3.8) is 0 Å². The summed E-state index contributed by atoms with van der Waals surface area (Å²) in [4.78, 5) is 68.2. The predicted octanol–water partition coefficient (Wildman–Crippen LogP) is -16.4. The summed E-state index contributed by atoms with van der Waals surface area (Å²) in [6, 6.07) is 0. The second kappa shape index (κ2) is 15.6. The first-order valence-corrected chi connectivity index (χ1v) is 12.7. The Kier molecular flexibility index (Phi) is 18.6. The van der Waals surface area contributed by atoms with E-state index in [1.165, 1.54) is 0 Å². The number of ether oxygens (including phenoxy) is 1. The number of aliphatic hydroxyl groups is 2. The van der Waals surface area contributed by atoms with Crippen LogP contribution in [0.4, 0.5) is 0 Å². The third-order valence-corrected chi connectivity index (χ3v) is 7.77. The maximum absolute atomic E-state index is 11.9. The van der Waals surface area contributed by atoms with Crippen LogP contribution in [0.2, 0.25) is 0 Å². The summed E-state index contributed by atoms with van der Waals surface area (Å²) in [6.07, 6.45) is -5.94. The smallest absolute Gasteiger partial charge is 0.790 e. The van der Waals surface area contributed by atoms with Gasteiger partial charge in [0.15, 0.2) is 6.23 Å². The molecule has 1 aliphatic heterocycles. The van der Waals surface area contributed by atoms with Crippen LogP contribution in [0.25, 0.3) is 0 Å². The number of rotatable bonds is 8. The first-order chi connectivity index (χ1) is 13.5. The number of aromatic nitrogens is 2. The summed E-state index contributed by atoms with van der Waals surface area (Å²) in [5.74, 6) is 0. The molecular formula is C9H10ILi4N2O15P3. The molecule has 0 saturated carbocycles. The summed E-state index contributed by atoms with van der Waals surface area (Å²) >= 11 is 1.56. The van der Waals surface area contributed by atoms with Gasteiger partial charge < -0.3 is 43.6 Å². The van der Waals surface area contributed by atoms with Crippen LogP contribution in [0.15, 0.2) is 15.8 Å². The molecule has 2 rings (SSSR count). The van der Waals surface area contributed by atoms with Gasteiger partial charge in [-0.05, 0) is 22.6 Å². The molecule has 1 saturated heterocycles. The summed E-state index contributed by atoms with van der Waals surface area (Å²) < 4.78 is 49.1. The van der Waals surface area contributed by atoms with E-state index < -0.39 is 65.9 Å². The molecular weight excluding hydrogens is 624 g/mol. The van der Waals surface area contributed by atoms with Crippen LogP contribution in [-0.2, 0) is 31.6 Å². The van der Waals surface area contributed by atoms with E-state index in [2.05, 4.69) is 13.1 Å². The van der Waals surface area contributed by atoms with Crippen molar-refractivity contribution in [1.29, 1.82) is 0 Å². The molecule has 34 heavy (non-hydrogen) atoms. The molecule has 0 radical (unpaired) electrons. The quantitative estimate of drug-likeness (QED) is 0.136. The minimum atomic E-state index is -6.17. The molecule has 1 aromatic heterocycles. The predicted molar refractivity (Wildman–Crippen MR) is 90.9 cm³/mol. The van der Waals surface area contributed by atoms with Crippen molar-refractivity contribution in [2.24, 2.45) is 0 Å². The van der Waals surface area contributed by atoms with Gasteiger partial charge in [-0.15, -0.1) is 0 Å². The van der Waals surface area contributed by atoms with Gasteiger partial charge in [-0.3, -0.25) is 27.8 Å². The zero-order chi connectivity index (χ0) is 23.1. The van der Waals surface area contributed by atoms with Gasteiger partial charge in [0.1, 0.15) is 18.3 Å². The van der Waals surface area contributed by atoms with Gasteiger partial charge in [-0.25, -0.2) is 9.11 Å². The van der Waals surface area contributed by atoms with Gasteiger partial charge in [-0.1, -0.05) is 0 Å². The van der Waals surface area contributed by atoms with Crippen LogP contribution >= 0.6 is 46.1 Å². The Labute approximate surface area is 252 Å². The molecule has 0 aromatic carbocycles. The maximum atomic E-state index is 11.9. The number of phosphoric acid groups is 3. The van der Waals surface area contributed by atoms with E-state index in [0.29, 0.717) is 4.57 Å². The largest absolute Gasteiger partial charge is 1.00 e. The van der Waals surface area contributed by atoms with Gasteiger partial charge in [0.2, 0.25) is 0 Å². The molecule has 1 aromatic rings. The molecule has 0 spiro atoms. The van der Waals surface area contributed by atoms with E-state index in [9.17, 15) is 53.1 Å². The molecule has 172 valence electrons. The zero-order valence-electron chi connectivity index (χ0n) is 18.0. The van der Waals surface area contributed by atoms with Gasteiger partial charge in [-0.2, -0.15) is 0 Å². The van der Waals surface area contributed by atoms with Crippen molar-refractivity contribution < 1.29 is 137 Å². The number of hydrogen-bond acceptors (Lipinski definition) is 15. The number of nitrogens with zero attached hydrogens (tertiary/aromatic N) is 1. The Morgan fingerprint density at radius 3 is 2.03 bits per heavy atom. The Hall–Kier alpha value is 2.09. The molecule has 25 heteroatoms. The minimum absolute atomic E-state index is 0. The molecule has 1 aliphatic rings. The van der Waals surface area contributed by atoms with Crippen LogP contribution < -0.4 is 106 Å². The molecule has 2 heterocycles. The van der Waals surface area contributed by atoms with Crippen LogP contribution in [0.1, 0.15) is 6.23 Å². The average Bonchev–Trinajstić information content (AvgIpc) is 2.81. The second-order valence-corrected chi connectivity index (χ2v) is 10.9. The van der Waals surface area contributed by atoms with Crippen LogP contribution in [0.5, 0.6) is 0 Å². The van der Waals surface area contributed by atoms with Crippen molar-refractivity contribution in [3.05, 3.63) is 30.6 Å². The number of H-pyrrole nitrogens is 1. The summed E-state index contributed by atoms with van der Waals surface area (Å²) in [7, 11) is -18.2. The Morgan fingerprint density at radius 1 is 1.00 bits per heavy atom. The molecule has 6 atom stereocenters. The maximum Gasteiger partial charge on any atom is 1.00 e. The Morgan fingerprint density at radius 2 is 1.53 bits per heavy atom. The molecule has 3 N–H and O–H groups in total. The van der Waals surface area contributed by atoms with Crippen molar-refractivity contribution in [1.82, 2.24) is 9.55 Å². The van der Waals surface area contributed by atoms with Crippen molar-refractivity contribution >= 4 is 46.1 Å². The van der Waals surface area contributed by atoms with E-state index in [0.717, 1.165) is 6.20 Å². The van der Waals surface area contributed by atoms with Gasteiger partial charge in [0, 0.05) is 6.20 Å². The van der Waals surface area contributed by atoms with Gasteiger partial charge >= 0.3 is 81.1 Å². The van der Waals surface area contributed by atoms with E-state index in [4.69, 9.17) is 4.74 Å². The van der Waals surface area contributed by atoms with Crippen molar-refractivity contribution in [2.75, 3.05) is 6.61 Å². The number of phosphoric ester groups is 1. The molecule has 0 amide bonds. The molecule has 0 aliphatic carbocycles. The van der Waals surface area contributed by atoms with Crippen LogP contribution in [0.3, 0.4) is 0 Å². The monoisotopic (exact) mass is 634 g/mol. The average molecular weight is 634 g/mol. The zero-order valence-corrected chi connectivity index (χ0v) is 22.8. The second-order valence-electron chi connectivity index (χ2n) is 5.49. The summed E-state index contributed by atoms with van der Waals surface area (Å²) in [5, 5.41) is 20.0. The fourth-order valence-electron chi connectivity index (χ4n) is 2.19. The summed E-state index contributed by atoms with van der Waals surface area (Å²) in [6.45, 7) is -1.17. The standard InChI is InChI=1S/C9H14IN2O15P3.4Li/c10-3-1-12(9(16)11-7(3)15)8-6(14)5(13)4(25-8)2-24-29(20,21)27-30(22,23)26-28(17,18)19;;;;/h1,4-6,8,13-14H,2H2,(H,20,21)(H,22,23)(H,11,15,16)(H2,17,18,19);;;;/q;4*+1/p-4. The minimum Gasteiger partial charge on any atom is -0.790 e. The fraction of sp³-hybridized carbons (Fsp3) is 0.556. The molecule has 1 fully saturated rings. The van der Waals surface area contributed by atoms with Crippen molar-refractivity contribution in [2.45, 2.75) is 24.5 Å². The van der Waals surface area contributed by atoms with E-state index in [1.807, 2.05) is 4.98 Å². The number of hydrogen-bond donors (Lipinski definition) is 3. The number of aromatic amines is 1. The fourth-order valence-corrected chi connectivity index (χ4v) is 5.49. The number of aliphatic hydroxyl groups excluding tert-OH is 2. The van der Waals surface area contributed by atoms with E-state index in [-0.39, 0.29) is 79.0 Å². The first kappa shape index (κ1) is 40.6. The van der Waals surface area contributed by atoms with Crippen LogP contribution in [0, 0.1) is 3.57 Å². The normalized spacial score (nSPS) is 25.4. The molecule has 17 nitrogen and oxygen atoms in total. The number of nitrogens with one attached hydrogen (secondary N) is 1. The molecule has 0 bridgehead atoms. The molecule has 6 unspecified atom stereocenters. The van der Waals surface area contributed by atoms with Gasteiger partial charge in [0.05, 0.1) is 18.0 Å². The number of halogens is 1. The third-order valence-electron chi connectivity index (χ3n) is 3.33. The van der Waals surface area contributed by atoms with E-state index >= 15 is 0 Å². The Balaban J connectivity index is -0.00000240. The van der Waals surface area contributed by atoms with Crippen LogP contribution in [-0.4, -0.2) is 44.7 Å². The summed E-state index contributed by atoms with van der Waals surface area (Å²) in [5.41, 5.74) is -1.76. The van der Waals surface area contributed by atoms with Crippen molar-refractivity contribution in [3.8, 4) is 0 Å². The van der Waals surface area contributed by atoms with E-state index in [1.54, 1.807) is 22.6 Å². The van der Waals surface area contributed by atoms with Gasteiger partial charge in [0.25, 0.3) is 21.2 Å². The SMILES string of the molecule is O=c1[nH]c(=O)n(C2OC(COP(=O)([O-])OP(=O)([O-])OP(=O)([O-])[O-])C(O)C2O)cc1I.[Li+].[Li+].[Li+].[Li+]. The third kappa shape index (κ3) is 11.9.